The Bertz CT molecular complexity index is 1750. The predicted octanol–water partition coefficient (Wildman–Crippen LogP) is 6.81. The zero-order valence-electron chi connectivity index (χ0n) is 22.5. The fourth-order valence-electron chi connectivity index (χ4n) is 7.29. The third kappa shape index (κ3) is 2.91. The Morgan fingerprint density at radius 2 is 1.68 bits per heavy atom. The monoisotopic (exact) mass is 493 g/mol. The molecule has 5 aromatic rings. The predicted molar refractivity (Wildman–Crippen MR) is 160 cm³/mol. The molecular formula is C35H32BNO. The Morgan fingerprint density at radius 3 is 2.47 bits per heavy atom. The second-order valence-corrected chi connectivity index (χ2v) is 11.9. The minimum absolute atomic E-state index is 0.0685. The summed E-state index contributed by atoms with van der Waals surface area (Å²) < 4.78 is 6.92. The van der Waals surface area contributed by atoms with E-state index in [2.05, 4.69) is 105 Å². The molecule has 1 aromatic heterocycles. The van der Waals surface area contributed by atoms with Gasteiger partial charge in [-0.3, -0.25) is 0 Å². The second kappa shape index (κ2) is 7.90. The van der Waals surface area contributed by atoms with Gasteiger partial charge in [0, 0.05) is 22.2 Å². The number of nitrogens with zero attached hydrogens (tertiary/aromatic N) is 1. The summed E-state index contributed by atoms with van der Waals surface area (Å²) in [6.45, 7) is 7.19. The van der Waals surface area contributed by atoms with E-state index in [1.54, 1.807) is 0 Å². The number of unbranched alkanes of at least 4 members (excludes halogenated alkanes) is 1. The van der Waals surface area contributed by atoms with Crippen LogP contribution < -0.4 is 21.5 Å². The Morgan fingerprint density at radius 1 is 0.868 bits per heavy atom. The fourth-order valence-corrected chi connectivity index (χ4v) is 7.29. The Hall–Kier alpha value is -3.72. The van der Waals surface area contributed by atoms with E-state index < -0.39 is 0 Å². The number of aryl methyl sites for hydroxylation is 3. The molecule has 2 aliphatic heterocycles. The normalized spacial score (nSPS) is 16.0. The number of rotatable bonds is 4. The van der Waals surface area contributed by atoms with Gasteiger partial charge in [-0.15, -0.1) is 0 Å². The Balaban J connectivity index is 1.47. The molecule has 0 spiro atoms. The molecular weight excluding hydrogens is 461 g/mol. The molecule has 3 heteroatoms. The van der Waals surface area contributed by atoms with Crippen LogP contribution in [0.2, 0.25) is 0 Å². The van der Waals surface area contributed by atoms with Crippen molar-refractivity contribution in [2.75, 3.05) is 4.90 Å². The molecule has 1 aliphatic carbocycles. The van der Waals surface area contributed by atoms with Crippen LogP contribution >= 0.6 is 0 Å². The van der Waals surface area contributed by atoms with E-state index in [0.29, 0.717) is 0 Å². The standard InChI is InChI=1S/C35H32BNO/c1-4-5-10-22-15-18-31-26(19-22)33-34(38-31)36-29-21-24-17-16-23(24)20-28(29)35(2,3)27-13-9-14-30(32(27)36)37(33)25-11-7-6-8-12-25/h6-9,11-15,18-21H,4-5,10,16-17H2,1-3H3. The average molecular weight is 493 g/mol. The lowest BCUT2D eigenvalue weighted by Gasteiger charge is -2.44. The van der Waals surface area contributed by atoms with Gasteiger partial charge in [0.25, 0.3) is 6.71 Å². The lowest BCUT2D eigenvalue weighted by atomic mass is 9.31. The van der Waals surface area contributed by atoms with Gasteiger partial charge in [0.15, 0.2) is 0 Å². The number of hydrogen-bond donors (Lipinski definition) is 0. The van der Waals surface area contributed by atoms with Gasteiger partial charge in [0.2, 0.25) is 0 Å². The number of fused-ring (bicyclic) bond motifs is 7. The maximum atomic E-state index is 6.92. The first-order valence-electron chi connectivity index (χ1n) is 14.3. The number of anilines is 3. The number of hydrogen-bond acceptors (Lipinski definition) is 2. The van der Waals surface area contributed by atoms with Crippen molar-refractivity contribution in [3.05, 3.63) is 107 Å². The van der Waals surface area contributed by atoms with E-state index in [9.17, 15) is 0 Å². The van der Waals surface area contributed by atoms with Gasteiger partial charge in [0.05, 0.1) is 11.3 Å². The van der Waals surface area contributed by atoms with Crippen molar-refractivity contribution in [3.63, 3.8) is 0 Å². The van der Waals surface area contributed by atoms with E-state index in [1.165, 1.54) is 86.9 Å². The molecule has 186 valence electrons. The summed E-state index contributed by atoms with van der Waals surface area (Å²) in [6.07, 6.45) is 5.90. The van der Waals surface area contributed by atoms with E-state index in [0.717, 1.165) is 17.7 Å². The Kier molecular flexibility index (Phi) is 4.63. The molecule has 4 aromatic carbocycles. The SMILES string of the molecule is CCCCc1ccc2oc3c(c2c1)N(c1ccccc1)c1cccc2c1B3c1cc3c(cc1C2(C)C)CC3. The second-order valence-electron chi connectivity index (χ2n) is 11.9. The van der Waals surface area contributed by atoms with Crippen molar-refractivity contribution in [2.24, 2.45) is 0 Å². The van der Waals surface area contributed by atoms with Crippen molar-refractivity contribution >= 4 is 51.3 Å². The van der Waals surface area contributed by atoms with Crippen LogP contribution in [0.1, 0.15) is 61.4 Å². The maximum absolute atomic E-state index is 6.92. The number of para-hydroxylation sites is 1. The van der Waals surface area contributed by atoms with Gasteiger partial charge in [-0.2, -0.15) is 0 Å². The van der Waals surface area contributed by atoms with Crippen LogP contribution in [-0.4, -0.2) is 6.71 Å². The summed E-state index contributed by atoms with van der Waals surface area (Å²) >= 11 is 0. The zero-order chi connectivity index (χ0) is 25.6. The molecule has 38 heavy (non-hydrogen) atoms. The third-order valence-corrected chi connectivity index (χ3v) is 9.38. The van der Waals surface area contributed by atoms with Crippen molar-refractivity contribution in [2.45, 2.75) is 58.3 Å². The first-order chi connectivity index (χ1) is 18.6. The highest BCUT2D eigenvalue weighted by Gasteiger charge is 2.49. The molecule has 8 rings (SSSR count). The van der Waals surface area contributed by atoms with Crippen LogP contribution in [0.3, 0.4) is 0 Å². The first-order valence-corrected chi connectivity index (χ1v) is 14.3. The van der Waals surface area contributed by atoms with Gasteiger partial charge in [-0.1, -0.05) is 81.2 Å². The lowest BCUT2D eigenvalue weighted by molar-refractivity contribution is 0.635. The molecule has 2 nitrogen and oxygen atoms in total. The molecule has 3 aliphatic rings. The van der Waals surface area contributed by atoms with Crippen molar-refractivity contribution in [1.29, 1.82) is 0 Å². The fraction of sp³-hybridized carbons (Fsp3) is 0.257. The number of furan rings is 1. The van der Waals surface area contributed by atoms with Crippen molar-refractivity contribution < 1.29 is 4.42 Å². The smallest absolute Gasteiger partial charge is 0.293 e. The molecule has 0 radical (unpaired) electrons. The quantitative estimate of drug-likeness (QED) is 0.251. The minimum Gasteiger partial charge on any atom is -0.468 e. The van der Waals surface area contributed by atoms with Gasteiger partial charge in [-0.05, 0) is 89.3 Å². The van der Waals surface area contributed by atoms with Crippen LogP contribution in [-0.2, 0) is 24.7 Å². The van der Waals surface area contributed by atoms with Crippen LogP contribution in [0.25, 0.3) is 11.0 Å². The van der Waals surface area contributed by atoms with E-state index in [-0.39, 0.29) is 12.1 Å². The Labute approximate surface area is 225 Å². The summed E-state index contributed by atoms with van der Waals surface area (Å²) in [4.78, 5) is 2.47. The van der Waals surface area contributed by atoms with Crippen molar-refractivity contribution in [1.82, 2.24) is 0 Å². The third-order valence-electron chi connectivity index (χ3n) is 9.38. The van der Waals surface area contributed by atoms with E-state index in [1.807, 2.05) is 0 Å². The van der Waals surface area contributed by atoms with Crippen LogP contribution in [0.4, 0.5) is 17.1 Å². The molecule has 0 bridgehead atoms. The molecule has 0 atom stereocenters. The highest BCUT2D eigenvalue weighted by atomic mass is 16.3. The maximum Gasteiger partial charge on any atom is 0.293 e. The highest BCUT2D eigenvalue weighted by molar-refractivity contribution is 6.98. The molecule has 0 saturated carbocycles. The topological polar surface area (TPSA) is 16.4 Å². The van der Waals surface area contributed by atoms with E-state index >= 15 is 0 Å². The molecule has 0 N–H and O–H groups in total. The summed E-state index contributed by atoms with van der Waals surface area (Å²) in [5, 5.41) is 1.23. The summed E-state index contributed by atoms with van der Waals surface area (Å²) in [6, 6.07) is 29.7. The molecule has 0 amide bonds. The summed E-state index contributed by atoms with van der Waals surface area (Å²) in [5.41, 5.74) is 15.9. The van der Waals surface area contributed by atoms with Crippen LogP contribution in [0.15, 0.2) is 83.3 Å². The van der Waals surface area contributed by atoms with Crippen LogP contribution in [0, 0.1) is 0 Å². The lowest BCUT2D eigenvalue weighted by Crippen LogP contribution is -2.64. The number of benzene rings is 4. The van der Waals surface area contributed by atoms with Gasteiger partial charge in [0.1, 0.15) is 5.58 Å². The van der Waals surface area contributed by atoms with Gasteiger partial charge >= 0.3 is 0 Å². The molecule has 0 fully saturated rings. The first kappa shape index (κ1) is 22.3. The minimum atomic E-state index is -0.0685. The zero-order valence-corrected chi connectivity index (χ0v) is 22.5. The van der Waals surface area contributed by atoms with E-state index in [4.69, 9.17) is 4.42 Å². The molecule has 0 unspecified atom stereocenters. The van der Waals surface area contributed by atoms with Gasteiger partial charge < -0.3 is 9.32 Å². The molecule has 0 saturated heterocycles. The van der Waals surface area contributed by atoms with Crippen LogP contribution in [0.5, 0.6) is 0 Å². The summed E-state index contributed by atoms with van der Waals surface area (Å²) in [7, 11) is 0. The largest absolute Gasteiger partial charge is 0.468 e. The summed E-state index contributed by atoms with van der Waals surface area (Å²) in [5.74, 6) is 0. The van der Waals surface area contributed by atoms with Crippen molar-refractivity contribution in [3.8, 4) is 0 Å². The molecule has 3 heterocycles. The van der Waals surface area contributed by atoms with Gasteiger partial charge in [-0.25, -0.2) is 0 Å². The average Bonchev–Trinajstić information content (AvgIpc) is 3.29. The highest BCUT2D eigenvalue weighted by Crippen LogP contribution is 2.46.